The minimum absolute atomic E-state index is 0.209. The highest BCUT2D eigenvalue weighted by Gasteiger charge is 2.52. The topological polar surface area (TPSA) is 144 Å². The van der Waals surface area contributed by atoms with Crippen LogP contribution in [-0.2, 0) is 42.9 Å². The molecular weight excluding hydrogens is 426 g/mol. The van der Waals surface area contributed by atoms with E-state index in [2.05, 4.69) is 5.32 Å². The molecule has 1 saturated heterocycles. The Kier molecular flexibility index (Phi) is 8.71. The zero-order valence-corrected chi connectivity index (χ0v) is 18.1. The molecule has 1 aromatic carbocycles. The van der Waals surface area contributed by atoms with Crippen molar-refractivity contribution in [3.05, 3.63) is 35.9 Å². The van der Waals surface area contributed by atoms with E-state index in [-0.39, 0.29) is 5.56 Å². The quantitative estimate of drug-likeness (QED) is 0.460. The van der Waals surface area contributed by atoms with Gasteiger partial charge in [0.05, 0.1) is 5.56 Å². The summed E-state index contributed by atoms with van der Waals surface area (Å²) in [5, 5.41) is 2.52. The molecule has 0 aliphatic carbocycles. The van der Waals surface area contributed by atoms with Gasteiger partial charge in [0.1, 0.15) is 18.8 Å². The van der Waals surface area contributed by atoms with Crippen LogP contribution in [0.3, 0.4) is 0 Å². The van der Waals surface area contributed by atoms with Crippen LogP contribution in [0, 0.1) is 0 Å². The van der Waals surface area contributed by atoms with Gasteiger partial charge in [-0.05, 0) is 12.1 Å². The molecule has 0 radical (unpaired) electrons. The molecule has 0 unspecified atom stereocenters. The van der Waals surface area contributed by atoms with E-state index >= 15 is 0 Å². The monoisotopic (exact) mass is 451 g/mol. The second-order valence-corrected chi connectivity index (χ2v) is 6.99. The fourth-order valence-corrected chi connectivity index (χ4v) is 3.14. The summed E-state index contributed by atoms with van der Waals surface area (Å²) in [5.41, 5.74) is 0.209. The Balaban J connectivity index is 2.42. The van der Waals surface area contributed by atoms with Gasteiger partial charge in [0.25, 0.3) is 0 Å². The molecule has 174 valence electrons. The molecule has 1 fully saturated rings. The number of hydrogen-bond donors (Lipinski definition) is 1. The van der Waals surface area contributed by atoms with Gasteiger partial charge in [0.15, 0.2) is 12.2 Å². The third kappa shape index (κ3) is 7.05. The molecule has 32 heavy (non-hydrogen) atoms. The van der Waals surface area contributed by atoms with Gasteiger partial charge in [0.2, 0.25) is 12.2 Å². The van der Waals surface area contributed by atoms with Crippen LogP contribution in [0.2, 0.25) is 0 Å². The zero-order chi connectivity index (χ0) is 23.8. The molecule has 0 spiro atoms. The van der Waals surface area contributed by atoms with Crippen LogP contribution in [0.15, 0.2) is 30.3 Å². The Labute approximate surface area is 184 Å². The standard InChI is InChI=1S/C21H25NO10/c1-11(23)22-17-19(30-14(4)26)18(29-13(3)25)16(10-28-12(2)24)31-21(17)32-20(27)15-8-6-5-7-9-15/h5-9,16-19,21H,10H2,1-4H3,(H,22,23)/t16-,17+,18+,19-,21+/m0/s1. The van der Waals surface area contributed by atoms with E-state index in [1.807, 2.05) is 0 Å². The van der Waals surface area contributed by atoms with Crippen molar-refractivity contribution in [3.8, 4) is 0 Å². The van der Waals surface area contributed by atoms with Gasteiger partial charge in [-0.1, -0.05) is 18.2 Å². The first-order valence-corrected chi connectivity index (χ1v) is 9.75. The summed E-state index contributed by atoms with van der Waals surface area (Å²) in [7, 11) is 0. The van der Waals surface area contributed by atoms with Crippen LogP contribution >= 0.6 is 0 Å². The molecule has 0 bridgehead atoms. The maximum absolute atomic E-state index is 12.6. The smallest absolute Gasteiger partial charge is 0.340 e. The van der Waals surface area contributed by atoms with Crippen LogP contribution in [0.25, 0.3) is 0 Å². The Morgan fingerprint density at radius 1 is 0.844 bits per heavy atom. The predicted octanol–water partition coefficient (Wildman–Crippen LogP) is 0.499. The van der Waals surface area contributed by atoms with Crippen molar-refractivity contribution in [2.75, 3.05) is 6.61 Å². The van der Waals surface area contributed by atoms with Crippen LogP contribution in [0.4, 0.5) is 0 Å². The molecule has 11 nitrogen and oxygen atoms in total. The minimum Gasteiger partial charge on any atom is -0.463 e. The maximum atomic E-state index is 12.6. The highest BCUT2D eigenvalue weighted by atomic mass is 16.7. The molecule has 1 N–H and O–H groups in total. The molecule has 5 atom stereocenters. The van der Waals surface area contributed by atoms with Crippen LogP contribution in [-0.4, -0.2) is 67.0 Å². The Morgan fingerprint density at radius 3 is 1.97 bits per heavy atom. The molecule has 1 heterocycles. The predicted molar refractivity (Wildman–Crippen MR) is 106 cm³/mol. The van der Waals surface area contributed by atoms with Gasteiger partial charge < -0.3 is 29.0 Å². The summed E-state index contributed by atoms with van der Waals surface area (Å²) >= 11 is 0. The maximum Gasteiger partial charge on any atom is 0.340 e. The normalized spacial score (nSPS) is 24.6. The molecular formula is C21H25NO10. The van der Waals surface area contributed by atoms with Gasteiger partial charge in [-0.2, -0.15) is 0 Å². The molecule has 1 aromatic rings. The van der Waals surface area contributed by atoms with E-state index in [0.29, 0.717) is 0 Å². The number of ether oxygens (including phenoxy) is 5. The van der Waals surface area contributed by atoms with Crippen LogP contribution < -0.4 is 5.32 Å². The van der Waals surface area contributed by atoms with E-state index < -0.39 is 67.0 Å². The second kappa shape index (κ2) is 11.2. The fraction of sp³-hybridized carbons (Fsp3) is 0.476. The SMILES string of the molecule is CC(=O)N[C@H]1[C@@H](OC(=O)c2ccccc2)O[C@@H](COC(C)=O)[C@@H](OC(C)=O)[C@H]1OC(C)=O. The molecule has 0 saturated carbocycles. The zero-order valence-electron chi connectivity index (χ0n) is 18.1. The number of carbonyl (C=O) groups is 5. The fourth-order valence-electron chi connectivity index (χ4n) is 3.14. The van der Waals surface area contributed by atoms with Crippen molar-refractivity contribution in [2.45, 2.75) is 58.3 Å². The first-order chi connectivity index (χ1) is 15.1. The largest absolute Gasteiger partial charge is 0.463 e. The van der Waals surface area contributed by atoms with Crippen molar-refractivity contribution in [2.24, 2.45) is 0 Å². The summed E-state index contributed by atoms with van der Waals surface area (Å²) in [6.45, 7) is 4.23. The third-order valence-electron chi connectivity index (χ3n) is 4.30. The summed E-state index contributed by atoms with van der Waals surface area (Å²) in [4.78, 5) is 59.3. The van der Waals surface area contributed by atoms with Gasteiger partial charge in [-0.15, -0.1) is 0 Å². The molecule has 1 aliphatic heterocycles. The number of hydrogen-bond acceptors (Lipinski definition) is 10. The van der Waals surface area contributed by atoms with Gasteiger partial charge in [0, 0.05) is 27.7 Å². The number of esters is 4. The van der Waals surface area contributed by atoms with E-state index in [0.717, 1.165) is 13.8 Å². The lowest BCUT2D eigenvalue weighted by molar-refractivity contribution is -0.263. The first kappa shape index (κ1) is 24.8. The Morgan fingerprint density at radius 2 is 1.44 bits per heavy atom. The summed E-state index contributed by atoms with van der Waals surface area (Å²) in [5.74, 6) is -3.43. The van der Waals surface area contributed by atoms with E-state index in [4.69, 9.17) is 23.7 Å². The summed E-state index contributed by atoms with van der Waals surface area (Å²) in [6, 6.07) is 6.78. The summed E-state index contributed by atoms with van der Waals surface area (Å²) in [6.07, 6.45) is -5.18. The number of nitrogens with one attached hydrogen (secondary N) is 1. The van der Waals surface area contributed by atoms with Crippen LogP contribution in [0.5, 0.6) is 0 Å². The molecule has 0 aromatic heterocycles. The average molecular weight is 451 g/mol. The van der Waals surface area contributed by atoms with E-state index in [9.17, 15) is 24.0 Å². The van der Waals surface area contributed by atoms with Crippen LogP contribution in [0.1, 0.15) is 38.1 Å². The minimum atomic E-state index is -1.46. The van der Waals surface area contributed by atoms with Crippen molar-refractivity contribution in [1.29, 1.82) is 0 Å². The Hall–Kier alpha value is -3.47. The lowest BCUT2D eigenvalue weighted by atomic mass is 9.96. The molecule has 2 rings (SSSR count). The third-order valence-corrected chi connectivity index (χ3v) is 4.30. The highest BCUT2D eigenvalue weighted by Crippen LogP contribution is 2.28. The number of benzene rings is 1. The lowest BCUT2D eigenvalue weighted by Gasteiger charge is -2.44. The molecule has 11 heteroatoms. The second-order valence-electron chi connectivity index (χ2n) is 6.99. The molecule has 1 amide bonds. The average Bonchev–Trinajstić information content (AvgIpc) is 2.70. The lowest BCUT2D eigenvalue weighted by Crippen LogP contribution is -2.66. The van der Waals surface area contributed by atoms with E-state index in [1.165, 1.54) is 26.0 Å². The Bertz CT molecular complexity index is 855. The van der Waals surface area contributed by atoms with Crippen molar-refractivity contribution in [1.82, 2.24) is 5.32 Å². The molecule has 1 aliphatic rings. The van der Waals surface area contributed by atoms with Crippen molar-refractivity contribution < 1.29 is 47.7 Å². The van der Waals surface area contributed by atoms with Gasteiger partial charge in [-0.25, -0.2) is 4.79 Å². The number of amides is 1. The van der Waals surface area contributed by atoms with Crippen molar-refractivity contribution in [3.63, 3.8) is 0 Å². The van der Waals surface area contributed by atoms with Crippen molar-refractivity contribution >= 4 is 29.8 Å². The van der Waals surface area contributed by atoms with E-state index in [1.54, 1.807) is 18.2 Å². The van der Waals surface area contributed by atoms with Gasteiger partial charge >= 0.3 is 23.9 Å². The number of carbonyl (C=O) groups excluding carboxylic acids is 5. The first-order valence-electron chi connectivity index (χ1n) is 9.75. The number of rotatable bonds is 7. The highest BCUT2D eigenvalue weighted by molar-refractivity contribution is 5.89. The van der Waals surface area contributed by atoms with Gasteiger partial charge in [-0.3, -0.25) is 19.2 Å². The summed E-state index contributed by atoms with van der Waals surface area (Å²) < 4.78 is 26.8.